The van der Waals surface area contributed by atoms with Gasteiger partial charge in [-0.3, -0.25) is 0 Å². The van der Waals surface area contributed by atoms with Gasteiger partial charge in [-0.05, 0) is 66.5 Å². The Kier molecular flexibility index (Phi) is 3.70. The second kappa shape index (κ2) is 6.09. The quantitative estimate of drug-likeness (QED) is 0.495. The molecule has 1 nitrogen and oxygen atoms in total. The Labute approximate surface area is 156 Å². The molecule has 4 aliphatic carbocycles. The molecule has 0 fully saturated rings. The van der Waals surface area contributed by atoms with E-state index in [1.807, 2.05) is 0 Å². The van der Waals surface area contributed by atoms with Gasteiger partial charge >= 0.3 is 0 Å². The molecule has 0 amide bonds. The van der Waals surface area contributed by atoms with E-state index in [4.69, 9.17) is 0 Å². The fourth-order valence-corrected chi connectivity index (χ4v) is 4.89. The Morgan fingerprint density at radius 3 is 2.12 bits per heavy atom. The molecular weight excluding hydrogens is 314 g/mol. The molecule has 2 heterocycles. The Morgan fingerprint density at radius 2 is 1.38 bits per heavy atom. The van der Waals surface area contributed by atoms with Crippen molar-refractivity contribution in [3.63, 3.8) is 0 Å². The van der Waals surface area contributed by atoms with E-state index < -0.39 is 0 Å². The first kappa shape index (κ1) is 15.8. The van der Waals surface area contributed by atoms with Gasteiger partial charge in [0, 0.05) is 18.1 Å². The number of pyridine rings is 1. The zero-order valence-electron chi connectivity index (χ0n) is 15.7. The minimum Gasteiger partial charge on any atom is -0.195 e. The number of nitrogens with zero attached hydrogens (tertiary/aromatic N) is 1. The van der Waals surface area contributed by atoms with E-state index in [2.05, 4.69) is 79.2 Å². The highest BCUT2D eigenvalue weighted by Crippen LogP contribution is 2.42. The van der Waals surface area contributed by atoms with Gasteiger partial charge in [-0.25, -0.2) is 0 Å². The summed E-state index contributed by atoms with van der Waals surface area (Å²) >= 11 is 0. The van der Waals surface area contributed by atoms with E-state index in [1.165, 1.54) is 27.9 Å². The topological polar surface area (TPSA) is 3.88 Å². The molecule has 0 saturated heterocycles. The highest BCUT2D eigenvalue weighted by atomic mass is 15.0. The Bertz CT molecular complexity index is 968. The van der Waals surface area contributed by atoms with E-state index in [0.717, 1.165) is 25.7 Å². The van der Waals surface area contributed by atoms with Crippen LogP contribution in [0.15, 0.2) is 60.8 Å². The SMILES string of the molecule is CC1c2c3ccc(c2-c2cccc[n+]2C1C)CCc1ccc(cc1)CC3. The van der Waals surface area contributed by atoms with E-state index >= 15 is 0 Å². The molecule has 3 aromatic rings. The highest BCUT2D eigenvalue weighted by molar-refractivity contribution is 5.70. The van der Waals surface area contributed by atoms with Crippen molar-refractivity contribution in [1.82, 2.24) is 0 Å². The summed E-state index contributed by atoms with van der Waals surface area (Å²) in [5.41, 5.74) is 10.5. The van der Waals surface area contributed by atoms with Crippen molar-refractivity contribution in [3.05, 3.63) is 88.6 Å². The summed E-state index contributed by atoms with van der Waals surface area (Å²) in [5.74, 6) is 0.545. The summed E-state index contributed by atoms with van der Waals surface area (Å²) in [5, 5.41) is 0. The first-order chi connectivity index (χ1) is 12.7. The van der Waals surface area contributed by atoms with Crippen LogP contribution in [0.2, 0.25) is 0 Å². The summed E-state index contributed by atoms with van der Waals surface area (Å²) < 4.78 is 2.49. The number of aromatic nitrogens is 1. The summed E-state index contributed by atoms with van der Waals surface area (Å²) in [6, 6.07) is 21.3. The molecule has 0 saturated carbocycles. The largest absolute Gasteiger partial charge is 0.213 e. The van der Waals surface area contributed by atoms with Crippen molar-refractivity contribution in [2.75, 3.05) is 0 Å². The second-order valence-corrected chi connectivity index (χ2v) is 8.01. The average molecular weight is 340 g/mol. The maximum atomic E-state index is 2.49. The maximum absolute atomic E-state index is 2.49. The number of hydrogen-bond acceptors (Lipinski definition) is 0. The summed E-state index contributed by atoms with van der Waals surface area (Å²) in [6.45, 7) is 4.79. The molecule has 26 heavy (non-hydrogen) atoms. The third-order valence-electron chi connectivity index (χ3n) is 6.58. The predicted molar refractivity (Wildman–Crippen MR) is 106 cm³/mol. The van der Waals surface area contributed by atoms with Crippen molar-refractivity contribution in [1.29, 1.82) is 0 Å². The van der Waals surface area contributed by atoms with E-state index in [-0.39, 0.29) is 0 Å². The fraction of sp³-hybridized carbons (Fsp3) is 0.320. The standard InChI is InChI=1S/C25H26N/c1-17-18(2)26-16-4-3-5-23(26)25-22-13-11-20-8-6-19(7-9-20)10-12-21(14-15-22)24(17)25/h3-9,14-18H,10-13H2,1-2H3/q+1. The fourth-order valence-electron chi connectivity index (χ4n) is 4.89. The van der Waals surface area contributed by atoms with Crippen LogP contribution >= 0.6 is 0 Å². The number of rotatable bonds is 0. The molecule has 0 spiro atoms. The Balaban J connectivity index is 1.75. The van der Waals surface area contributed by atoms with Crippen LogP contribution in [0.3, 0.4) is 0 Å². The summed E-state index contributed by atoms with van der Waals surface area (Å²) in [6.07, 6.45) is 6.74. The minimum absolute atomic E-state index is 0.499. The molecule has 1 heteroatoms. The molecule has 2 unspecified atom stereocenters. The third kappa shape index (κ3) is 2.41. The molecule has 5 aliphatic rings. The van der Waals surface area contributed by atoms with Crippen LogP contribution in [0.5, 0.6) is 0 Å². The number of aryl methyl sites for hydroxylation is 4. The van der Waals surface area contributed by atoms with Crippen LogP contribution in [-0.4, -0.2) is 0 Å². The van der Waals surface area contributed by atoms with Crippen LogP contribution in [-0.2, 0) is 25.7 Å². The zero-order valence-corrected chi connectivity index (χ0v) is 15.7. The summed E-state index contributed by atoms with van der Waals surface area (Å²) in [7, 11) is 0. The predicted octanol–water partition coefficient (Wildman–Crippen LogP) is 5.20. The molecule has 2 aromatic carbocycles. The lowest BCUT2D eigenvalue weighted by Crippen LogP contribution is -2.45. The maximum Gasteiger partial charge on any atom is 0.213 e. The third-order valence-corrected chi connectivity index (χ3v) is 6.58. The van der Waals surface area contributed by atoms with Gasteiger partial charge in [-0.2, -0.15) is 4.57 Å². The molecule has 0 N–H and O–H groups in total. The van der Waals surface area contributed by atoms with Gasteiger partial charge in [0.2, 0.25) is 5.69 Å². The van der Waals surface area contributed by atoms with Crippen molar-refractivity contribution in [2.24, 2.45) is 0 Å². The van der Waals surface area contributed by atoms with E-state index in [0.29, 0.717) is 12.0 Å². The van der Waals surface area contributed by atoms with Crippen molar-refractivity contribution >= 4 is 0 Å². The van der Waals surface area contributed by atoms with Crippen molar-refractivity contribution in [2.45, 2.75) is 51.5 Å². The summed E-state index contributed by atoms with van der Waals surface area (Å²) in [4.78, 5) is 0. The normalized spacial score (nSPS) is 20.8. The number of hydrogen-bond donors (Lipinski definition) is 0. The lowest BCUT2D eigenvalue weighted by Gasteiger charge is -2.30. The first-order valence-electron chi connectivity index (χ1n) is 9.95. The van der Waals surface area contributed by atoms with Crippen molar-refractivity contribution in [3.8, 4) is 11.3 Å². The molecule has 2 atom stereocenters. The van der Waals surface area contributed by atoms with Crippen LogP contribution in [0, 0.1) is 0 Å². The lowest BCUT2D eigenvalue weighted by molar-refractivity contribution is -0.714. The average Bonchev–Trinajstić information content (AvgIpc) is 2.67. The smallest absolute Gasteiger partial charge is 0.195 e. The molecule has 1 aromatic heterocycles. The Morgan fingerprint density at radius 1 is 0.731 bits per heavy atom. The first-order valence-corrected chi connectivity index (χ1v) is 9.95. The van der Waals surface area contributed by atoms with Crippen LogP contribution in [0.4, 0.5) is 0 Å². The molecule has 1 aliphatic heterocycles. The van der Waals surface area contributed by atoms with Gasteiger partial charge in [0.25, 0.3) is 0 Å². The number of fused-ring (bicyclic) bond motifs is 1. The van der Waals surface area contributed by atoms with Gasteiger partial charge in [-0.15, -0.1) is 0 Å². The molecule has 4 bridgehead atoms. The zero-order chi connectivity index (χ0) is 17.7. The van der Waals surface area contributed by atoms with E-state index in [9.17, 15) is 0 Å². The monoisotopic (exact) mass is 340 g/mol. The van der Waals surface area contributed by atoms with Gasteiger partial charge in [0.1, 0.15) is 0 Å². The lowest BCUT2D eigenvalue weighted by atomic mass is 9.77. The molecular formula is C25H26N+. The van der Waals surface area contributed by atoms with Gasteiger partial charge in [-0.1, -0.05) is 43.3 Å². The number of benzene rings is 2. The highest BCUT2D eigenvalue weighted by Gasteiger charge is 2.37. The second-order valence-electron chi connectivity index (χ2n) is 8.01. The van der Waals surface area contributed by atoms with Crippen molar-refractivity contribution < 1.29 is 4.57 Å². The van der Waals surface area contributed by atoms with E-state index in [1.54, 1.807) is 11.1 Å². The van der Waals surface area contributed by atoms with Gasteiger partial charge in [0.15, 0.2) is 12.2 Å². The van der Waals surface area contributed by atoms with Crippen LogP contribution < -0.4 is 4.57 Å². The minimum atomic E-state index is 0.499. The van der Waals surface area contributed by atoms with Gasteiger partial charge in [0.05, 0.1) is 5.56 Å². The Hall–Kier alpha value is -2.41. The molecule has 130 valence electrons. The van der Waals surface area contributed by atoms with Gasteiger partial charge < -0.3 is 0 Å². The van der Waals surface area contributed by atoms with Crippen LogP contribution in [0.25, 0.3) is 11.3 Å². The molecule has 0 radical (unpaired) electrons. The van der Waals surface area contributed by atoms with Crippen LogP contribution in [0.1, 0.15) is 53.6 Å². The molecule has 8 rings (SSSR count).